The van der Waals surface area contributed by atoms with E-state index in [4.69, 9.17) is 11.6 Å². The van der Waals surface area contributed by atoms with Crippen molar-refractivity contribution >= 4 is 17.4 Å². The van der Waals surface area contributed by atoms with Gasteiger partial charge in [-0.2, -0.15) is 0 Å². The maximum Gasteiger partial charge on any atom is 0.290 e. The number of halogens is 1. The Kier molecular flexibility index (Phi) is 3.95. The second-order valence-electron chi connectivity index (χ2n) is 3.33. The van der Waals surface area contributed by atoms with Crippen LogP contribution in [0.1, 0.15) is 13.8 Å². The molecule has 2 unspecified atom stereocenters. The Morgan fingerprint density at radius 1 is 1.64 bits per heavy atom. The lowest BCUT2D eigenvalue weighted by Crippen LogP contribution is -2.28. The van der Waals surface area contributed by atoms with Gasteiger partial charge in [0.15, 0.2) is 5.82 Å². The first-order valence-electron chi connectivity index (χ1n) is 4.51. The van der Waals surface area contributed by atoms with Crippen molar-refractivity contribution in [3.8, 4) is 0 Å². The van der Waals surface area contributed by atoms with Gasteiger partial charge in [0.25, 0.3) is 5.56 Å². The zero-order valence-corrected chi connectivity index (χ0v) is 9.01. The van der Waals surface area contributed by atoms with Crippen molar-refractivity contribution in [3.05, 3.63) is 22.7 Å². The number of alkyl halides is 1. The van der Waals surface area contributed by atoms with E-state index in [1.54, 1.807) is 6.20 Å². The first-order chi connectivity index (χ1) is 6.65. The van der Waals surface area contributed by atoms with E-state index in [0.29, 0.717) is 11.7 Å². The van der Waals surface area contributed by atoms with Gasteiger partial charge in [0.1, 0.15) is 0 Å². The van der Waals surface area contributed by atoms with Gasteiger partial charge in [-0.3, -0.25) is 4.79 Å². The third-order valence-corrected chi connectivity index (χ3v) is 2.66. The molecule has 2 N–H and O–H groups in total. The van der Waals surface area contributed by atoms with Crippen molar-refractivity contribution < 1.29 is 0 Å². The number of nitrogens with one attached hydrogen (secondary N) is 2. The first-order valence-corrected chi connectivity index (χ1v) is 5.04. The minimum absolute atomic E-state index is 0.128. The van der Waals surface area contributed by atoms with E-state index in [1.165, 1.54) is 6.20 Å². The second kappa shape index (κ2) is 5.00. The van der Waals surface area contributed by atoms with Crippen LogP contribution in [0, 0.1) is 5.92 Å². The average molecular weight is 216 g/mol. The number of aromatic nitrogens is 2. The number of anilines is 1. The monoisotopic (exact) mass is 215 g/mol. The molecule has 0 amide bonds. The Morgan fingerprint density at radius 3 is 2.93 bits per heavy atom. The van der Waals surface area contributed by atoms with E-state index < -0.39 is 0 Å². The largest absolute Gasteiger partial charge is 0.363 e. The normalized spacial score (nSPS) is 14.8. The van der Waals surface area contributed by atoms with E-state index in [-0.39, 0.29) is 17.5 Å². The highest BCUT2D eigenvalue weighted by Crippen LogP contribution is 2.08. The van der Waals surface area contributed by atoms with Gasteiger partial charge in [-0.25, -0.2) is 4.98 Å². The molecule has 0 spiro atoms. The SMILES string of the molecule is CC(CCl)C(C)Nc1ncc[nH]c1=O. The third-order valence-electron chi connectivity index (χ3n) is 2.17. The maximum atomic E-state index is 11.3. The van der Waals surface area contributed by atoms with E-state index in [9.17, 15) is 4.79 Å². The summed E-state index contributed by atoms with van der Waals surface area (Å²) in [4.78, 5) is 17.7. The zero-order chi connectivity index (χ0) is 10.6. The average Bonchev–Trinajstić information content (AvgIpc) is 2.20. The first kappa shape index (κ1) is 11.0. The van der Waals surface area contributed by atoms with E-state index >= 15 is 0 Å². The summed E-state index contributed by atoms with van der Waals surface area (Å²) in [5, 5.41) is 3.02. The molecule has 1 aromatic heterocycles. The topological polar surface area (TPSA) is 57.8 Å². The number of aromatic amines is 1. The van der Waals surface area contributed by atoms with Crippen LogP contribution >= 0.6 is 11.6 Å². The predicted octanol–water partition coefficient (Wildman–Crippen LogP) is 1.45. The van der Waals surface area contributed by atoms with Gasteiger partial charge >= 0.3 is 0 Å². The molecule has 0 aliphatic heterocycles. The smallest absolute Gasteiger partial charge is 0.290 e. The molecule has 78 valence electrons. The highest BCUT2D eigenvalue weighted by molar-refractivity contribution is 6.18. The molecule has 0 saturated carbocycles. The lowest BCUT2D eigenvalue weighted by molar-refractivity contribution is 0.563. The van der Waals surface area contributed by atoms with Crippen molar-refractivity contribution in [2.24, 2.45) is 5.92 Å². The van der Waals surface area contributed by atoms with Crippen LogP contribution < -0.4 is 10.9 Å². The van der Waals surface area contributed by atoms with Crippen LogP contribution in [-0.4, -0.2) is 21.9 Å². The summed E-state index contributed by atoms with van der Waals surface area (Å²) in [7, 11) is 0. The second-order valence-corrected chi connectivity index (χ2v) is 3.64. The summed E-state index contributed by atoms with van der Waals surface area (Å²) in [5.74, 6) is 1.19. The Balaban J connectivity index is 2.69. The van der Waals surface area contributed by atoms with Crippen LogP contribution in [0.15, 0.2) is 17.2 Å². The van der Waals surface area contributed by atoms with Crippen molar-refractivity contribution in [2.45, 2.75) is 19.9 Å². The van der Waals surface area contributed by atoms with Gasteiger partial charge in [0.05, 0.1) is 0 Å². The third kappa shape index (κ3) is 2.73. The van der Waals surface area contributed by atoms with E-state index in [1.807, 2.05) is 13.8 Å². The van der Waals surface area contributed by atoms with Crippen molar-refractivity contribution in [2.75, 3.05) is 11.2 Å². The van der Waals surface area contributed by atoms with Crippen molar-refractivity contribution in [1.82, 2.24) is 9.97 Å². The zero-order valence-electron chi connectivity index (χ0n) is 8.25. The lowest BCUT2D eigenvalue weighted by Gasteiger charge is -2.18. The molecule has 5 heteroatoms. The molecule has 0 aromatic carbocycles. The fraction of sp³-hybridized carbons (Fsp3) is 0.556. The molecule has 0 bridgehead atoms. The van der Waals surface area contributed by atoms with Crippen LogP contribution in [0.3, 0.4) is 0 Å². The Morgan fingerprint density at radius 2 is 2.36 bits per heavy atom. The number of H-pyrrole nitrogens is 1. The molecular weight excluding hydrogens is 202 g/mol. The predicted molar refractivity (Wildman–Crippen MR) is 57.8 cm³/mol. The van der Waals surface area contributed by atoms with Gasteiger partial charge in [0.2, 0.25) is 0 Å². The van der Waals surface area contributed by atoms with Crippen LogP contribution in [-0.2, 0) is 0 Å². The van der Waals surface area contributed by atoms with Crippen molar-refractivity contribution in [1.29, 1.82) is 0 Å². The highest BCUT2D eigenvalue weighted by atomic mass is 35.5. The highest BCUT2D eigenvalue weighted by Gasteiger charge is 2.12. The van der Waals surface area contributed by atoms with Gasteiger partial charge in [0, 0.05) is 24.3 Å². The molecule has 0 aliphatic carbocycles. The van der Waals surface area contributed by atoms with Gasteiger partial charge in [-0.05, 0) is 12.8 Å². The van der Waals surface area contributed by atoms with Crippen LogP contribution in [0.5, 0.6) is 0 Å². The Hall–Kier alpha value is -1.03. The number of nitrogens with zero attached hydrogens (tertiary/aromatic N) is 1. The Bertz CT molecular complexity index is 339. The number of rotatable bonds is 4. The summed E-state index contributed by atoms with van der Waals surface area (Å²) in [6.45, 7) is 3.99. The minimum Gasteiger partial charge on any atom is -0.363 e. The van der Waals surface area contributed by atoms with Crippen molar-refractivity contribution in [3.63, 3.8) is 0 Å². The summed E-state index contributed by atoms with van der Waals surface area (Å²) in [6.07, 6.45) is 3.05. The fourth-order valence-corrected chi connectivity index (χ4v) is 1.21. The minimum atomic E-state index is -0.207. The summed E-state index contributed by atoms with van der Waals surface area (Å²) >= 11 is 5.71. The van der Waals surface area contributed by atoms with E-state index in [0.717, 1.165) is 0 Å². The molecule has 0 fully saturated rings. The molecule has 0 radical (unpaired) electrons. The van der Waals surface area contributed by atoms with Gasteiger partial charge < -0.3 is 10.3 Å². The fourth-order valence-electron chi connectivity index (χ4n) is 0.946. The Labute approximate surface area is 87.7 Å². The summed E-state index contributed by atoms with van der Waals surface area (Å²) in [6, 6.07) is 0.128. The van der Waals surface area contributed by atoms with Crippen LogP contribution in [0.25, 0.3) is 0 Å². The molecule has 1 rings (SSSR count). The van der Waals surface area contributed by atoms with Crippen LogP contribution in [0.4, 0.5) is 5.82 Å². The molecule has 1 heterocycles. The van der Waals surface area contributed by atoms with Crippen LogP contribution in [0.2, 0.25) is 0 Å². The summed E-state index contributed by atoms with van der Waals surface area (Å²) < 4.78 is 0. The molecular formula is C9H14ClN3O. The number of hydrogen-bond donors (Lipinski definition) is 2. The van der Waals surface area contributed by atoms with Gasteiger partial charge in [-0.1, -0.05) is 6.92 Å². The maximum absolute atomic E-state index is 11.3. The molecule has 0 saturated heterocycles. The summed E-state index contributed by atoms with van der Waals surface area (Å²) in [5.41, 5.74) is -0.207. The number of hydrogen-bond acceptors (Lipinski definition) is 3. The standard InChI is InChI=1S/C9H14ClN3O/c1-6(5-10)7(2)13-8-9(14)12-4-3-11-8/h3-4,6-7H,5H2,1-2H3,(H,11,13)(H,12,14). The van der Waals surface area contributed by atoms with Gasteiger partial charge in [-0.15, -0.1) is 11.6 Å². The quantitative estimate of drug-likeness (QED) is 0.748. The van der Waals surface area contributed by atoms with E-state index in [2.05, 4.69) is 15.3 Å². The molecule has 4 nitrogen and oxygen atoms in total. The lowest BCUT2D eigenvalue weighted by atomic mass is 10.1. The molecule has 2 atom stereocenters. The molecule has 0 aliphatic rings. The molecule has 1 aromatic rings. The molecule has 14 heavy (non-hydrogen) atoms.